The number of nitrogen functional groups attached to an aromatic ring is 1. The van der Waals surface area contributed by atoms with E-state index in [1.54, 1.807) is 16.9 Å². The zero-order valence-electron chi connectivity index (χ0n) is 9.15. The van der Waals surface area contributed by atoms with Gasteiger partial charge in [-0.3, -0.25) is 0 Å². The van der Waals surface area contributed by atoms with E-state index in [-0.39, 0.29) is 5.82 Å². The molecule has 84 valence electrons. The summed E-state index contributed by atoms with van der Waals surface area (Å²) in [5, 5.41) is 4.17. The van der Waals surface area contributed by atoms with E-state index in [0.29, 0.717) is 11.4 Å². The van der Waals surface area contributed by atoms with E-state index in [9.17, 15) is 4.39 Å². The molecule has 0 saturated heterocycles. The molecule has 0 aliphatic rings. The molecule has 2 N–H and O–H groups in total. The first-order valence-corrected chi connectivity index (χ1v) is 5.30. The normalized spacial score (nSPS) is 10.6. The number of nitrogens with zero attached hydrogens (tertiary/aromatic N) is 2. The topological polar surface area (TPSA) is 43.8 Å². The number of hydrogen-bond donors (Lipinski definition) is 1. The van der Waals surface area contributed by atoms with E-state index in [1.165, 1.54) is 12.1 Å². The molecule has 3 nitrogen and oxygen atoms in total. The summed E-state index contributed by atoms with van der Waals surface area (Å²) in [7, 11) is 0. The van der Waals surface area contributed by atoms with Gasteiger partial charge in [-0.15, -0.1) is 0 Å². The SMILES string of the molecule is CCCc1c(N)cnn1-c1cccc(F)c1. The summed E-state index contributed by atoms with van der Waals surface area (Å²) in [6.45, 7) is 2.07. The maximum Gasteiger partial charge on any atom is 0.125 e. The maximum atomic E-state index is 13.1. The highest BCUT2D eigenvalue weighted by Crippen LogP contribution is 2.18. The lowest BCUT2D eigenvalue weighted by Crippen LogP contribution is -2.03. The molecule has 0 unspecified atom stereocenters. The van der Waals surface area contributed by atoms with Crippen LogP contribution in [-0.2, 0) is 6.42 Å². The molecule has 1 aromatic heterocycles. The van der Waals surface area contributed by atoms with Crippen molar-refractivity contribution >= 4 is 5.69 Å². The number of nitrogens with two attached hydrogens (primary N) is 1. The summed E-state index contributed by atoms with van der Waals surface area (Å²) in [4.78, 5) is 0. The van der Waals surface area contributed by atoms with Crippen molar-refractivity contribution < 1.29 is 4.39 Å². The van der Waals surface area contributed by atoms with Crippen molar-refractivity contribution in [2.45, 2.75) is 19.8 Å². The molecule has 0 aliphatic heterocycles. The zero-order valence-corrected chi connectivity index (χ0v) is 9.15. The van der Waals surface area contributed by atoms with Crippen LogP contribution in [0.5, 0.6) is 0 Å². The third kappa shape index (κ3) is 1.91. The summed E-state index contributed by atoms with van der Waals surface area (Å²) in [5.41, 5.74) is 8.13. The van der Waals surface area contributed by atoms with Crippen LogP contribution >= 0.6 is 0 Å². The smallest absolute Gasteiger partial charge is 0.125 e. The first-order chi connectivity index (χ1) is 7.72. The Hall–Kier alpha value is -1.84. The quantitative estimate of drug-likeness (QED) is 0.862. The van der Waals surface area contributed by atoms with Gasteiger partial charge in [0.2, 0.25) is 0 Å². The van der Waals surface area contributed by atoms with Crippen LogP contribution in [0.25, 0.3) is 5.69 Å². The van der Waals surface area contributed by atoms with E-state index in [1.807, 2.05) is 6.07 Å². The molecule has 2 aromatic rings. The molecular weight excluding hydrogens is 205 g/mol. The predicted molar refractivity (Wildman–Crippen MR) is 61.9 cm³/mol. The Labute approximate surface area is 93.7 Å². The lowest BCUT2D eigenvalue weighted by atomic mass is 10.2. The van der Waals surface area contributed by atoms with Crippen molar-refractivity contribution in [2.75, 3.05) is 5.73 Å². The number of aromatic nitrogens is 2. The Morgan fingerprint density at radius 1 is 1.44 bits per heavy atom. The third-order valence-corrected chi connectivity index (χ3v) is 2.44. The Morgan fingerprint density at radius 3 is 2.94 bits per heavy atom. The number of hydrogen-bond acceptors (Lipinski definition) is 2. The second kappa shape index (κ2) is 4.35. The van der Waals surface area contributed by atoms with Crippen LogP contribution in [0.15, 0.2) is 30.5 Å². The summed E-state index contributed by atoms with van der Waals surface area (Å²) in [6, 6.07) is 6.34. The lowest BCUT2D eigenvalue weighted by molar-refractivity contribution is 0.624. The third-order valence-electron chi connectivity index (χ3n) is 2.44. The van der Waals surface area contributed by atoms with Crippen LogP contribution in [0.1, 0.15) is 19.0 Å². The molecule has 0 amide bonds. The van der Waals surface area contributed by atoms with Gasteiger partial charge in [0.25, 0.3) is 0 Å². The zero-order chi connectivity index (χ0) is 11.5. The average Bonchev–Trinajstić information content (AvgIpc) is 2.61. The van der Waals surface area contributed by atoms with E-state index in [4.69, 9.17) is 5.73 Å². The first-order valence-electron chi connectivity index (χ1n) is 5.30. The molecule has 4 heteroatoms. The van der Waals surface area contributed by atoms with Gasteiger partial charge in [-0.1, -0.05) is 19.4 Å². The second-order valence-corrected chi connectivity index (χ2v) is 3.69. The monoisotopic (exact) mass is 219 g/mol. The van der Waals surface area contributed by atoms with Crippen molar-refractivity contribution in [1.82, 2.24) is 9.78 Å². The van der Waals surface area contributed by atoms with Crippen molar-refractivity contribution in [2.24, 2.45) is 0 Å². The van der Waals surface area contributed by atoms with E-state index < -0.39 is 0 Å². The van der Waals surface area contributed by atoms with Crippen LogP contribution in [-0.4, -0.2) is 9.78 Å². The molecule has 0 bridgehead atoms. The Morgan fingerprint density at radius 2 is 2.25 bits per heavy atom. The van der Waals surface area contributed by atoms with Crippen LogP contribution in [0.2, 0.25) is 0 Å². The minimum atomic E-state index is -0.269. The number of halogens is 1. The van der Waals surface area contributed by atoms with Crippen molar-refractivity contribution in [1.29, 1.82) is 0 Å². The summed E-state index contributed by atoms with van der Waals surface area (Å²) < 4.78 is 14.8. The lowest BCUT2D eigenvalue weighted by Gasteiger charge is -2.07. The fourth-order valence-electron chi connectivity index (χ4n) is 1.70. The van der Waals surface area contributed by atoms with Gasteiger partial charge in [-0.05, 0) is 24.6 Å². The van der Waals surface area contributed by atoms with Crippen LogP contribution < -0.4 is 5.73 Å². The van der Waals surface area contributed by atoms with Gasteiger partial charge in [0.1, 0.15) is 5.82 Å². The fraction of sp³-hybridized carbons (Fsp3) is 0.250. The highest BCUT2D eigenvalue weighted by atomic mass is 19.1. The molecule has 1 heterocycles. The van der Waals surface area contributed by atoms with E-state index in [2.05, 4.69) is 12.0 Å². The molecule has 0 saturated carbocycles. The highest BCUT2D eigenvalue weighted by molar-refractivity contribution is 5.46. The van der Waals surface area contributed by atoms with Crippen LogP contribution in [0, 0.1) is 5.82 Å². The average molecular weight is 219 g/mol. The molecule has 0 spiro atoms. The second-order valence-electron chi connectivity index (χ2n) is 3.69. The Bertz CT molecular complexity index is 491. The molecular formula is C12H14FN3. The molecule has 0 radical (unpaired) electrons. The van der Waals surface area contributed by atoms with Gasteiger partial charge in [-0.2, -0.15) is 5.10 Å². The predicted octanol–water partition coefficient (Wildman–Crippen LogP) is 2.55. The molecule has 2 rings (SSSR count). The largest absolute Gasteiger partial charge is 0.396 e. The van der Waals surface area contributed by atoms with Crippen molar-refractivity contribution in [3.63, 3.8) is 0 Å². The van der Waals surface area contributed by atoms with Crippen LogP contribution in [0.4, 0.5) is 10.1 Å². The van der Waals surface area contributed by atoms with Gasteiger partial charge in [-0.25, -0.2) is 9.07 Å². The van der Waals surface area contributed by atoms with E-state index in [0.717, 1.165) is 18.5 Å². The fourth-order valence-corrected chi connectivity index (χ4v) is 1.70. The summed E-state index contributed by atoms with van der Waals surface area (Å²) in [5.74, 6) is -0.269. The van der Waals surface area contributed by atoms with Gasteiger partial charge in [0.15, 0.2) is 0 Å². The van der Waals surface area contributed by atoms with Crippen molar-refractivity contribution in [3.8, 4) is 5.69 Å². The number of benzene rings is 1. The molecule has 0 aliphatic carbocycles. The Balaban J connectivity index is 2.47. The Kier molecular flexibility index (Phi) is 2.90. The number of rotatable bonds is 3. The van der Waals surface area contributed by atoms with Gasteiger partial charge in [0, 0.05) is 0 Å². The molecule has 1 aromatic carbocycles. The molecule has 0 atom stereocenters. The van der Waals surface area contributed by atoms with Crippen molar-refractivity contribution in [3.05, 3.63) is 42.0 Å². The van der Waals surface area contributed by atoms with Crippen LogP contribution in [0.3, 0.4) is 0 Å². The summed E-state index contributed by atoms with van der Waals surface area (Å²) >= 11 is 0. The molecule has 0 fully saturated rings. The first kappa shape index (κ1) is 10.7. The standard InChI is InChI=1S/C12H14FN3/c1-2-4-12-11(14)8-15-16(12)10-6-3-5-9(13)7-10/h3,5-8H,2,4,14H2,1H3. The highest BCUT2D eigenvalue weighted by Gasteiger charge is 2.09. The van der Waals surface area contributed by atoms with Gasteiger partial charge in [0.05, 0.1) is 23.3 Å². The van der Waals surface area contributed by atoms with Gasteiger partial charge < -0.3 is 5.73 Å². The maximum absolute atomic E-state index is 13.1. The van der Waals surface area contributed by atoms with Gasteiger partial charge >= 0.3 is 0 Å². The van der Waals surface area contributed by atoms with E-state index >= 15 is 0 Å². The summed E-state index contributed by atoms with van der Waals surface area (Å²) in [6.07, 6.45) is 3.42. The minimum Gasteiger partial charge on any atom is -0.396 e. The number of anilines is 1. The molecule has 16 heavy (non-hydrogen) atoms. The minimum absolute atomic E-state index is 0.269.